The minimum Gasteiger partial charge on any atom is -0.456 e. The second-order valence-corrected chi connectivity index (χ2v) is 41.0. The van der Waals surface area contributed by atoms with E-state index < -0.39 is 5.41 Å². The zero-order valence-electron chi connectivity index (χ0n) is 79.1. The molecular formula is C126H124N4O2. The first kappa shape index (κ1) is 85.0. The zero-order chi connectivity index (χ0) is 89.8. The molecular weight excluding hydrogens is 1600 g/mol. The molecule has 0 saturated heterocycles. The molecule has 22 rings (SSSR count). The van der Waals surface area contributed by atoms with E-state index in [0.717, 1.165) is 92.4 Å². The van der Waals surface area contributed by atoms with Crippen LogP contribution in [0.3, 0.4) is 0 Å². The highest BCUT2D eigenvalue weighted by Gasteiger charge is 2.49. The maximum Gasteiger partial charge on any atom is 0.238 e. The first-order valence-corrected chi connectivity index (χ1v) is 50.3. The summed E-state index contributed by atoms with van der Waals surface area (Å²) in [5.74, 6) is 1.80. The molecule has 0 bridgehead atoms. The first-order valence-electron chi connectivity index (χ1n) is 50.3. The standard InChI is InChI=1S/C126H124N4O2/c1-11-15-19-23-39-69-125(70-40-24-20-16-12-2)101-50-36-33-47-90(101)93-64-59-87(75-108(93)125)86-58-63-92-91-62-57-85(73-103(91)123(7,8)104(92)74-86)81-53-55-82(56-54-81)98-78-110-114(117-97-49-35-38-52-112(97)132-118(98)117)95-66-61-89(77-109(95)126(110,71-41-25-21-17-13-3)72-42-26-22-18-14-4)130(121-128-119(83-43-29-27-30-44-83)127-120(129-121)84-45-31-28-32-46-84)88-60-65-94-99-79-107-100(80-106(99)124(9,10)105(94)76-88)115-102(122(107,5)6)67-68-113-116(115)96-48-34-37-51-111(96)131-113/h27-38,43-68,73-80H,11-26,39-42,69-72H2,1-10H3. The lowest BCUT2D eigenvalue weighted by Gasteiger charge is -2.34. The molecule has 6 heteroatoms. The summed E-state index contributed by atoms with van der Waals surface area (Å²) < 4.78 is 14.1. The van der Waals surface area contributed by atoms with Crippen molar-refractivity contribution >= 4 is 61.2 Å². The van der Waals surface area contributed by atoms with Crippen LogP contribution in [0.4, 0.5) is 17.3 Å². The average molecular weight is 1730 g/mol. The Bertz CT molecular complexity index is 7230. The Balaban J connectivity index is 0.658. The van der Waals surface area contributed by atoms with Crippen LogP contribution in [-0.4, -0.2) is 15.0 Å². The lowest BCUT2D eigenvalue weighted by Crippen LogP contribution is -2.26. The molecule has 0 spiro atoms. The van der Waals surface area contributed by atoms with Gasteiger partial charge in [-0.25, -0.2) is 4.98 Å². The van der Waals surface area contributed by atoms with Crippen LogP contribution in [0.2, 0.25) is 0 Å². The minimum absolute atomic E-state index is 0.0288. The SMILES string of the molecule is CCCCCCCC1(CCCCCCC)c2ccccc2-c2ccc(-c3ccc4c(c3)C(C)(C)c3cc(-c5ccc(-c6cc7c(c8c6oc6ccccc68)-c6ccc(N(c8ccc9c(c8)C(C)(C)c8cc%10c(cc8-9)C(C)(C)c8ccc9oc%11ccccc%11c9c8-%10)c8nc(-c9ccccc9)nc(-c9ccccc9)n8)cc6C7(CCCCCCC)CCCCCCC)cc5)ccc3-4)cc21. The van der Waals surface area contributed by atoms with E-state index in [2.05, 4.69) is 353 Å². The molecule has 0 saturated carbocycles. The topological polar surface area (TPSA) is 68.2 Å². The maximum atomic E-state index is 7.44. The maximum absolute atomic E-state index is 7.44. The monoisotopic (exact) mass is 1720 g/mol. The summed E-state index contributed by atoms with van der Waals surface area (Å²) in [5.41, 5.74) is 41.0. The Morgan fingerprint density at radius 3 is 1.20 bits per heavy atom. The molecule has 3 heterocycles. The van der Waals surface area contributed by atoms with Crippen LogP contribution in [0.25, 0.3) is 156 Å². The number of rotatable bonds is 32. The van der Waals surface area contributed by atoms with E-state index in [1.807, 2.05) is 0 Å². The van der Waals surface area contributed by atoms with Gasteiger partial charge in [-0.05, 0) is 244 Å². The number of nitrogens with zero attached hydrogens (tertiary/aromatic N) is 4. The molecule has 3 aromatic heterocycles. The van der Waals surface area contributed by atoms with Crippen LogP contribution in [0, 0.1) is 0 Å². The van der Waals surface area contributed by atoms with Crippen LogP contribution < -0.4 is 4.90 Å². The summed E-state index contributed by atoms with van der Waals surface area (Å²) in [6, 6.07) is 107. The van der Waals surface area contributed by atoms with Crippen molar-refractivity contribution in [2.24, 2.45) is 0 Å². The van der Waals surface area contributed by atoms with E-state index in [4.69, 9.17) is 23.8 Å². The van der Waals surface area contributed by atoms with E-state index in [0.29, 0.717) is 17.6 Å². The quantitative estimate of drug-likeness (QED) is 0.0391. The number of furan rings is 2. The summed E-state index contributed by atoms with van der Waals surface area (Å²) >= 11 is 0. The molecule has 0 aliphatic heterocycles. The second kappa shape index (κ2) is 34.3. The molecule has 0 radical (unpaired) electrons. The van der Waals surface area contributed by atoms with Crippen molar-refractivity contribution in [2.45, 2.75) is 250 Å². The fourth-order valence-corrected chi connectivity index (χ4v) is 24.9. The number of para-hydroxylation sites is 2. The highest BCUT2D eigenvalue weighted by atomic mass is 16.3. The largest absolute Gasteiger partial charge is 0.456 e. The Morgan fingerprint density at radius 2 is 0.629 bits per heavy atom. The lowest BCUT2D eigenvalue weighted by atomic mass is 9.70. The number of aromatic nitrogens is 3. The summed E-state index contributed by atoms with van der Waals surface area (Å²) in [5, 5.41) is 4.71. The van der Waals surface area contributed by atoms with Gasteiger partial charge in [0.05, 0.1) is 0 Å². The molecule has 132 heavy (non-hydrogen) atoms. The van der Waals surface area contributed by atoms with Crippen molar-refractivity contribution in [3.8, 4) is 112 Å². The third-order valence-electron chi connectivity index (χ3n) is 31.9. The Labute approximate surface area is 781 Å². The highest BCUT2D eigenvalue weighted by molar-refractivity contribution is 6.19. The van der Waals surface area contributed by atoms with Gasteiger partial charge in [0.1, 0.15) is 22.3 Å². The number of fused-ring (bicyclic) bond motifs is 23. The zero-order valence-corrected chi connectivity index (χ0v) is 79.1. The van der Waals surface area contributed by atoms with Gasteiger partial charge in [-0.2, -0.15) is 9.97 Å². The normalized spacial score (nSPS) is 14.9. The molecule has 17 aromatic rings. The van der Waals surface area contributed by atoms with Crippen molar-refractivity contribution in [1.29, 1.82) is 0 Å². The van der Waals surface area contributed by atoms with Gasteiger partial charge in [0.15, 0.2) is 11.6 Å². The number of hydrogen-bond donors (Lipinski definition) is 0. The van der Waals surface area contributed by atoms with Gasteiger partial charge in [0.25, 0.3) is 0 Å². The van der Waals surface area contributed by atoms with Crippen LogP contribution in [0.15, 0.2) is 288 Å². The molecule has 14 aromatic carbocycles. The third-order valence-corrected chi connectivity index (χ3v) is 31.9. The molecule has 5 aliphatic rings. The fraction of sp³-hybridized carbons (Fsp3) is 0.310. The molecule has 5 aliphatic carbocycles. The summed E-state index contributed by atoms with van der Waals surface area (Å²) in [6.45, 7) is 24.0. The first-order chi connectivity index (χ1) is 64.5. The van der Waals surface area contributed by atoms with Crippen molar-refractivity contribution in [1.82, 2.24) is 15.0 Å². The van der Waals surface area contributed by atoms with Gasteiger partial charge in [-0.3, -0.25) is 4.90 Å². The molecule has 660 valence electrons. The summed E-state index contributed by atoms with van der Waals surface area (Å²) in [4.78, 5) is 19.1. The van der Waals surface area contributed by atoms with Crippen molar-refractivity contribution < 1.29 is 8.83 Å². The molecule has 6 nitrogen and oxygen atoms in total. The number of anilines is 3. The summed E-state index contributed by atoms with van der Waals surface area (Å²) in [7, 11) is 0. The van der Waals surface area contributed by atoms with Gasteiger partial charge in [0.2, 0.25) is 5.95 Å². The average Bonchev–Trinajstić information content (AvgIpc) is 1.53. The van der Waals surface area contributed by atoms with Crippen LogP contribution in [0.5, 0.6) is 0 Å². The van der Waals surface area contributed by atoms with Crippen molar-refractivity contribution in [3.63, 3.8) is 0 Å². The predicted octanol–water partition coefficient (Wildman–Crippen LogP) is 36.4. The van der Waals surface area contributed by atoms with E-state index in [9.17, 15) is 0 Å². The molecule has 0 amide bonds. The number of unbranched alkanes of at least 4 members (excludes halogenated alkanes) is 16. The molecule has 0 N–H and O–H groups in total. The Hall–Kier alpha value is -12.5. The van der Waals surface area contributed by atoms with Crippen molar-refractivity contribution in [2.75, 3.05) is 4.90 Å². The highest BCUT2D eigenvalue weighted by Crippen LogP contribution is 2.64. The van der Waals surface area contributed by atoms with E-state index in [1.54, 1.807) is 11.1 Å². The van der Waals surface area contributed by atoms with Gasteiger partial charge in [-0.1, -0.05) is 398 Å². The van der Waals surface area contributed by atoms with Gasteiger partial charge in [0, 0.05) is 76.7 Å². The lowest BCUT2D eigenvalue weighted by molar-refractivity contribution is 0.399. The predicted molar refractivity (Wildman–Crippen MR) is 555 cm³/mol. The number of hydrogen-bond acceptors (Lipinski definition) is 6. The van der Waals surface area contributed by atoms with Crippen LogP contribution in [0.1, 0.15) is 279 Å². The Kier molecular flexibility index (Phi) is 22.1. The van der Waals surface area contributed by atoms with E-state index in [1.165, 1.54) is 262 Å². The molecule has 0 atom stereocenters. The molecule has 0 unspecified atom stereocenters. The fourth-order valence-electron chi connectivity index (χ4n) is 24.9. The second-order valence-electron chi connectivity index (χ2n) is 41.0. The van der Waals surface area contributed by atoms with Crippen LogP contribution in [-0.2, 0) is 27.1 Å². The van der Waals surface area contributed by atoms with Crippen LogP contribution >= 0.6 is 0 Å². The van der Waals surface area contributed by atoms with E-state index in [-0.39, 0.29) is 21.7 Å². The van der Waals surface area contributed by atoms with E-state index >= 15 is 0 Å². The minimum atomic E-state index is -0.406. The molecule has 0 fully saturated rings. The number of benzene rings is 14. The van der Waals surface area contributed by atoms with Crippen molar-refractivity contribution in [3.05, 3.63) is 335 Å². The summed E-state index contributed by atoms with van der Waals surface area (Å²) in [6.07, 6.45) is 29.2. The smallest absolute Gasteiger partial charge is 0.238 e. The Morgan fingerprint density at radius 1 is 0.242 bits per heavy atom. The third kappa shape index (κ3) is 14.1. The van der Waals surface area contributed by atoms with Gasteiger partial charge < -0.3 is 8.83 Å². The van der Waals surface area contributed by atoms with Gasteiger partial charge in [-0.15, -0.1) is 0 Å². The van der Waals surface area contributed by atoms with Gasteiger partial charge >= 0.3 is 0 Å².